The zero-order chi connectivity index (χ0) is 20.4. The Labute approximate surface area is 172 Å². The second-order valence-electron chi connectivity index (χ2n) is 7.14. The van der Waals surface area contributed by atoms with E-state index in [-0.39, 0.29) is 17.9 Å². The first kappa shape index (κ1) is 19.6. The number of amidine groups is 1. The van der Waals surface area contributed by atoms with Crippen molar-refractivity contribution in [1.82, 2.24) is 10.6 Å². The van der Waals surface area contributed by atoms with Crippen molar-refractivity contribution in [1.29, 1.82) is 0 Å². The van der Waals surface area contributed by atoms with Crippen LogP contribution in [0.25, 0.3) is 0 Å². The molecule has 2 aromatic carbocycles. The Morgan fingerprint density at radius 1 is 1.14 bits per heavy atom. The van der Waals surface area contributed by atoms with E-state index in [0.717, 1.165) is 12.3 Å². The monoisotopic (exact) mass is 413 g/mol. The van der Waals surface area contributed by atoms with Gasteiger partial charge in [-0.05, 0) is 36.0 Å². The molecular weight excluding hydrogens is 391 g/mol. The SMILES string of the molecule is CC(=O)Nc1ccc(F)c([N+]2=C(NC(=O)c3ccccc3)SC[C@@H]3CNC[C@@H]32)c1. The van der Waals surface area contributed by atoms with Crippen molar-refractivity contribution in [3.63, 3.8) is 0 Å². The molecule has 0 unspecified atom stereocenters. The maximum absolute atomic E-state index is 14.9. The van der Waals surface area contributed by atoms with Crippen LogP contribution in [0.1, 0.15) is 17.3 Å². The molecule has 0 aliphatic carbocycles. The normalized spacial score (nSPS) is 20.9. The van der Waals surface area contributed by atoms with Gasteiger partial charge in [0.25, 0.3) is 0 Å². The van der Waals surface area contributed by atoms with E-state index in [1.54, 1.807) is 30.3 Å². The predicted molar refractivity (Wildman–Crippen MR) is 112 cm³/mol. The Balaban J connectivity index is 1.76. The van der Waals surface area contributed by atoms with E-state index in [0.29, 0.717) is 34.6 Å². The lowest BCUT2D eigenvalue weighted by molar-refractivity contribution is -0.489. The lowest BCUT2D eigenvalue weighted by Crippen LogP contribution is -2.45. The molecule has 0 aromatic heterocycles. The van der Waals surface area contributed by atoms with Crippen molar-refractivity contribution in [3.8, 4) is 0 Å². The molecule has 2 heterocycles. The minimum absolute atomic E-state index is 0.0180. The van der Waals surface area contributed by atoms with Crippen LogP contribution < -0.4 is 16.0 Å². The number of amides is 2. The van der Waals surface area contributed by atoms with Gasteiger partial charge in [0.15, 0.2) is 11.5 Å². The maximum atomic E-state index is 14.9. The standard InChI is InChI=1S/C21H21FN4O2S/c1-13(27)24-16-7-8-17(22)18(9-16)26-19-11-23-10-15(19)12-29-21(26)25-20(28)14-5-3-2-4-6-14/h2-9,15,19,23H,10-12H2,1H3,(H,24,27)/p+1/t15-,19-/m0/s1. The van der Waals surface area contributed by atoms with Crippen LogP contribution in [0.5, 0.6) is 0 Å². The molecular formula is C21H22FN4O2S+. The Kier molecular flexibility index (Phi) is 5.64. The number of hydrogen-bond donors (Lipinski definition) is 3. The van der Waals surface area contributed by atoms with Crippen molar-refractivity contribution in [2.45, 2.75) is 13.0 Å². The van der Waals surface area contributed by atoms with Crippen molar-refractivity contribution in [2.24, 2.45) is 5.92 Å². The van der Waals surface area contributed by atoms with E-state index in [4.69, 9.17) is 0 Å². The molecule has 0 bridgehead atoms. The quantitative estimate of drug-likeness (QED) is 0.677. The van der Waals surface area contributed by atoms with Crippen molar-refractivity contribution >= 4 is 40.1 Å². The minimum Gasteiger partial charge on any atom is -0.326 e. The molecule has 2 aromatic rings. The van der Waals surface area contributed by atoms with Crippen molar-refractivity contribution in [2.75, 3.05) is 24.2 Å². The average molecular weight is 413 g/mol. The summed E-state index contributed by atoms with van der Waals surface area (Å²) in [5, 5.41) is 9.63. The average Bonchev–Trinajstić information content (AvgIpc) is 3.18. The van der Waals surface area contributed by atoms with Gasteiger partial charge in [0.05, 0.1) is 5.56 Å². The molecule has 0 saturated carbocycles. The van der Waals surface area contributed by atoms with Crippen LogP contribution in [0, 0.1) is 11.7 Å². The van der Waals surface area contributed by atoms with Crippen LogP contribution in [-0.4, -0.2) is 46.4 Å². The van der Waals surface area contributed by atoms with E-state index in [1.165, 1.54) is 30.8 Å². The smallest absolute Gasteiger partial charge is 0.326 e. The fraction of sp³-hybridized carbons (Fsp3) is 0.286. The number of hydrogen-bond acceptors (Lipinski definition) is 4. The summed E-state index contributed by atoms with van der Waals surface area (Å²) in [6.07, 6.45) is 0. The zero-order valence-corrected chi connectivity index (χ0v) is 16.8. The number of halogens is 1. The van der Waals surface area contributed by atoms with Gasteiger partial charge in [-0.3, -0.25) is 4.79 Å². The second kappa shape index (κ2) is 8.34. The van der Waals surface area contributed by atoms with E-state index in [1.807, 2.05) is 10.6 Å². The highest BCUT2D eigenvalue weighted by Crippen LogP contribution is 2.33. The number of nitrogens with one attached hydrogen (secondary N) is 3. The third-order valence-electron chi connectivity index (χ3n) is 5.07. The molecule has 150 valence electrons. The highest BCUT2D eigenvalue weighted by molar-refractivity contribution is 8.13. The molecule has 0 spiro atoms. The fourth-order valence-corrected chi connectivity index (χ4v) is 4.97. The highest BCUT2D eigenvalue weighted by atomic mass is 32.2. The number of carbonyl (C=O) groups is 2. The molecule has 8 heteroatoms. The zero-order valence-electron chi connectivity index (χ0n) is 15.9. The summed E-state index contributed by atoms with van der Waals surface area (Å²) in [6.45, 7) is 2.95. The predicted octanol–water partition coefficient (Wildman–Crippen LogP) is 2.55. The van der Waals surface area contributed by atoms with Gasteiger partial charge in [-0.1, -0.05) is 18.2 Å². The number of nitrogens with zero attached hydrogens (tertiary/aromatic N) is 1. The maximum Gasteiger partial charge on any atom is 0.339 e. The van der Waals surface area contributed by atoms with Crippen molar-refractivity contribution in [3.05, 3.63) is 59.9 Å². The van der Waals surface area contributed by atoms with Gasteiger partial charge in [0.2, 0.25) is 5.91 Å². The number of carbonyl (C=O) groups excluding carboxylic acids is 2. The lowest BCUT2D eigenvalue weighted by atomic mass is 10.0. The van der Waals surface area contributed by atoms with Gasteiger partial charge in [0.1, 0.15) is 6.04 Å². The number of thioether (sulfide) groups is 1. The number of fused-ring (bicyclic) bond motifs is 1. The highest BCUT2D eigenvalue weighted by Gasteiger charge is 2.42. The van der Waals surface area contributed by atoms with E-state index in [2.05, 4.69) is 16.0 Å². The van der Waals surface area contributed by atoms with Gasteiger partial charge in [-0.25, -0.2) is 19.1 Å². The summed E-state index contributed by atoms with van der Waals surface area (Å²) in [5.74, 6) is 0.310. The number of rotatable bonds is 3. The van der Waals surface area contributed by atoms with Crippen LogP contribution in [0.15, 0.2) is 48.5 Å². The van der Waals surface area contributed by atoms with E-state index >= 15 is 0 Å². The summed E-state index contributed by atoms with van der Waals surface area (Å²) in [5.41, 5.74) is 1.39. The third-order valence-corrected chi connectivity index (χ3v) is 6.24. The first-order valence-electron chi connectivity index (χ1n) is 9.46. The molecule has 3 N–H and O–H groups in total. The van der Waals surface area contributed by atoms with Crippen molar-refractivity contribution < 1.29 is 18.6 Å². The largest absolute Gasteiger partial charge is 0.339 e. The van der Waals surface area contributed by atoms with Gasteiger partial charge in [-0.15, -0.1) is 0 Å². The molecule has 1 saturated heterocycles. The van der Waals surface area contributed by atoms with Crippen LogP contribution in [0.2, 0.25) is 0 Å². The summed E-state index contributed by atoms with van der Waals surface area (Å²) < 4.78 is 16.7. The van der Waals surface area contributed by atoms with Gasteiger partial charge in [-0.2, -0.15) is 0 Å². The molecule has 6 nitrogen and oxygen atoms in total. The third kappa shape index (κ3) is 4.18. The first-order valence-corrected chi connectivity index (χ1v) is 10.4. The van der Waals surface area contributed by atoms with Gasteiger partial charge < -0.3 is 10.6 Å². The first-order chi connectivity index (χ1) is 14.0. The second-order valence-corrected chi connectivity index (χ2v) is 8.15. The molecule has 29 heavy (non-hydrogen) atoms. The molecule has 1 fully saturated rings. The van der Waals surface area contributed by atoms with Crippen LogP contribution >= 0.6 is 11.8 Å². The van der Waals surface area contributed by atoms with Gasteiger partial charge >= 0.3 is 11.1 Å². The lowest BCUT2D eigenvalue weighted by Gasteiger charge is -2.27. The minimum atomic E-state index is -0.404. The molecule has 2 aliphatic rings. The number of anilines is 1. The van der Waals surface area contributed by atoms with Crippen LogP contribution in [0.3, 0.4) is 0 Å². The molecule has 2 atom stereocenters. The molecule has 0 radical (unpaired) electrons. The van der Waals surface area contributed by atoms with Gasteiger partial charge in [0, 0.05) is 43.4 Å². The van der Waals surface area contributed by atoms with Crippen LogP contribution in [0.4, 0.5) is 15.8 Å². The molecule has 2 amide bonds. The molecule has 4 rings (SSSR count). The van der Waals surface area contributed by atoms with E-state index in [9.17, 15) is 14.0 Å². The van der Waals surface area contributed by atoms with E-state index < -0.39 is 5.82 Å². The summed E-state index contributed by atoms with van der Waals surface area (Å²) in [6, 6.07) is 13.5. The number of benzene rings is 2. The fourth-order valence-electron chi connectivity index (χ4n) is 3.72. The topological polar surface area (TPSA) is 73.2 Å². The van der Waals surface area contributed by atoms with Crippen LogP contribution in [-0.2, 0) is 4.79 Å². The molecule has 2 aliphatic heterocycles. The summed E-state index contributed by atoms with van der Waals surface area (Å²) in [7, 11) is 0. The summed E-state index contributed by atoms with van der Waals surface area (Å²) in [4.78, 5) is 24.2. The summed E-state index contributed by atoms with van der Waals surface area (Å²) >= 11 is 1.51. The Morgan fingerprint density at radius 2 is 1.93 bits per heavy atom. The Morgan fingerprint density at radius 3 is 2.69 bits per heavy atom. The Bertz CT molecular complexity index is 980. The Hall–Kier alpha value is -2.71.